The molecule has 106 valence electrons. The molecule has 0 bridgehead atoms. The van der Waals surface area contributed by atoms with E-state index in [0.717, 1.165) is 6.42 Å². The summed E-state index contributed by atoms with van der Waals surface area (Å²) in [6.45, 7) is 3.31. The zero-order chi connectivity index (χ0) is 14.4. The monoisotopic (exact) mass is 304 g/mol. The molecule has 0 fully saturated rings. The van der Waals surface area contributed by atoms with Crippen LogP contribution >= 0.6 is 23.2 Å². The van der Waals surface area contributed by atoms with Crippen molar-refractivity contribution in [1.29, 1.82) is 0 Å². The molecule has 0 aliphatic heterocycles. The van der Waals surface area contributed by atoms with Crippen LogP contribution in [0, 0.1) is 0 Å². The first-order valence-electron chi connectivity index (χ1n) is 6.06. The average Bonchev–Trinajstić information content (AvgIpc) is 2.32. The lowest BCUT2D eigenvalue weighted by molar-refractivity contribution is -0.122. The Bertz CT molecular complexity index is 453. The molecule has 6 heteroatoms. The number of nitrogens with zero attached hydrogens (tertiary/aromatic N) is 1. The van der Waals surface area contributed by atoms with Gasteiger partial charge in [-0.1, -0.05) is 30.1 Å². The lowest BCUT2D eigenvalue weighted by Gasteiger charge is -2.17. The van der Waals surface area contributed by atoms with E-state index in [2.05, 4.69) is 5.32 Å². The summed E-state index contributed by atoms with van der Waals surface area (Å²) < 4.78 is 0. The fourth-order valence-electron chi connectivity index (χ4n) is 1.65. The van der Waals surface area contributed by atoms with Gasteiger partial charge in [0.15, 0.2) is 0 Å². The highest BCUT2D eigenvalue weighted by Crippen LogP contribution is 2.31. The summed E-state index contributed by atoms with van der Waals surface area (Å²) >= 11 is 11.7. The summed E-state index contributed by atoms with van der Waals surface area (Å²) in [6, 6.07) is 3.12. The zero-order valence-corrected chi connectivity index (χ0v) is 12.6. The molecule has 19 heavy (non-hydrogen) atoms. The standard InChI is InChI=1S/C13H18Cl2N2O2/c1-3-4-16-12(18)8-17(2)7-9-5-10(14)6-11(15)13(9)19/h5-6,19H,3-4,7-8H2,1-2H3,(H,16,18). The molecule has 2 N–H and O–H groups in total. The molecule has 4 nitrogen and oxygen atoms in total. The Labute approximate surface area is 123 Å². The van der Waals surface area contributed by atoms with Gasteiger partial charge in [-0.15, -0.1) is 0 Å². The zero-order valence-electron chi connectivity index (χ0n) is 11.0. The third-order valence-corrected chi connectivity index (χ3v) is 3.04. The summed E-state index contributed by atoms with van der Waals surface area (Å²) in [5.41, 5.74) is 0.600. The van der Waals surface area contributed by atoms with E-state index in [-0.39, 0.29) is 23.2 Å². The van der Waals surface area contributed by atoms with Gasteiger partial charge in [0.2, 0.25) is 5.91 Å². The third-order valence-electron chi connectivity index (χ3n) is 2.53. The smallest absolute Gasteiger partial charge is 0.234 e. The molecule has 0 aromatic heterocycles. The average molecular weight is 305 g/mol. The molecule has 0 spiro atoms. The van der Waals surface area contributed by atoms with E-state index in [0.29, 0.717) is 23.7 Å². The third kappa shape index (κ3) is 5.27. The molecule has 0 atom stereocenters. The normalized spacial score (nSPS) is 10.8. The van der Waals surface area contributed by atoms with Gasteiger partial charge in [-0.3, -0.25) is 9.69 Å². The van der Waals surface area contributed by atoms with Crippen molar-refractivity contribution < 1.29 is 9.90 Å². The molecule has 0 unspecified atom stereocenters. The van der Waals surface area contributed by atoms with Crippen molar-refractivity contribution in [2.45, 2.75) is 19.9 Å². The Hall–Kier alpha value is -0.970. The van der Waals surface area contributed by atoms with Crippen molar-refractivity contribution in [3.8, 4) is 5.75 Å². The number of carbonyl (C=O) groups excluding carboxylic acids is 1. The van der Waals surface area contributed by atoms with Crippen LogP contribution in [0.1, 0.15) is 18.9 Å². The predicted molar refractivity (Wildman–Crippen MR) is 77.8 cm³/mol. The number of likely N-dealkylation sites (N-methyl/N-ethyl adjacent to an activating group) is 1. The fourth-order valence-corrected chi connectivity index (χ4v) is 2.19. The maximum Gasteiger partial charge on any atom is 0.234 e. The van der Waals surface area contributed by atoms with E-state index in [1.807, 2.05) is 6.92 Å². The van der Waals surface area contributed by atoms with Gasteiger partial charge < -0.3 is 10.4 Å². The largest absolute Gasteiger partial charge is 0.506 e. The number of rotatable bonds is 6. The van der Waals surface area contributed by atoms with E-state index in [1.165, 1.54) is 6.07 Å². The number of aromatic hydroxyl groups is 1. The molecular formula is C13H18Cl2N2O2. The number of phenols is 1. The topological polar surface area (TPSA) is 52.6 Å². The molecule has 1 aromatic carbocycles. The van der Waals surface area contributed by atoms with E-state index >= 15 is 0 Å². The van der Waals surface area contributed by atoms with Crippen LogP contribution in [0.5, 0.6) is 5.75 Å². The number of nitrogens with one attached hydrogen (secondary N) is 1. The van der Waals surface area contributed by atoms with Crippen LogP contribution in [0.15, 0.2) is 12.1 Å². The Kier molecular flexibility index (Phi) is 6.42. The minimum Gasteiger partial charge on any atom is -0.506 e. The number of phenolic OH excluding ortho intramolecular Hbond substituents is 1. The van der Waals surface area contributed by atoms with E-state index in [4.69, 9.17) is 23.2 Å². The summed E-state index contributed by atoms with van der Waals surface area (Å²) in [5.74, 6) is -0.0381. The maximum atomic E-state index is 11.6. The Morgan fingerprint density at radius 1 is 1.42 bits per heavy atom. The van der Waals surface area contributed by atoms with Gasteiger partial charge in [0.1, 0.15) is 5.75 Å². The summed E-state index contributed by atoms with van der Waals surface area (Å²) in [6.07, 6.45) is 0.903. The van der Waals surface area contributed by atoms with Crippen LogP contribution in [0.2, 0.25) is 10.0 Å². The van der Waals surface area contributed by atoms with Crippen molar-refractivity contribution in [3.63, 3.8) is 0 Å². The van der Waals surface area contributed by atoms with Crippen LogP contribution < -0.4 is 5.32 Å². The van der Waals surface area contributed by atoms with Crippen LogP contribution in [0.3, 0.4) is 0 Å². The number of hydrogen-bond acceptors (Lipinski definition) is 3. The van der Waals surface area contributed by atoms with Gasteiger partial charge >= 0.3 is 0 Å². The first-order valence-corrected chi connectivity index (χ1v) is 6.81. The van der Waals surface area contributed by atoms with E-state index < -0.39 is 0 Å². The summed E-state index contributed by atoms with van der Waals surface area (Å²) in [5, 5.41) is 13.3. The molecule has 0 heterocycles. The van der Waals surface area contributed by atoms with E-state index in [1.54, 1.807) is 18.0 Å². The Morgan fingerprint density at radius 3 is 2.74 bits per heavy atom. The molecule has 1 rings (SSSR count). The quantitative estimate of drug-likeness (QED) is 0.849. The minimum atomic E-state index is -0.0445. The molecule has 1 aromatic rings. The lowest BCUT2D eigenvalue weighted by Crippen LogP contribution is -2.35. The molecule has 0 radical (unpaired) electrons. The van der Waals surface area contributed by atoms with Crippen molar-refractivity contribution in [1.82, 2.24) is 10.2 Å². The first-order chi connectivity index (χ1) is 8.93. The molecule has 0 aliphatic rings. The van der Waals surface area contributed by atoms with Gasteiger partial charge in [-0.25, -0.2) is 0 Å². The predicted octanol–water partition coefficient (Wildman–Crippen LogP) is 2.66. The highest BCUT2D eigenvalue weighted by molar-refractivity contribution is 6.35. The first kappa shape index (κ1) is 16.1. The van der Waals surface area contributed by atoms with E-state index in [9.17, 15) is 9.90 Å². The van der Waals surface area contributed by atoms with Crippen molar-refractivity contribution in [3.05, 3.63) is 27.7 Å². The number of carbonyl (C=O) groups is 1. The Balaban J connectivity index is 2.62. The second-order valence-corrected chi connectivity index (χ2v) is 5.26. The van der Waals surface area contributed by atoms with Crippen LogP contribution in [0.4, 0.5) is 0 Å². The second kappa shape index (κ2) is 7.58. The highest BCUT2D eigenvalue weighted by Gasteiger charge is 2.12. The van der Waals surface area contributed by atoms with Crippen LogP contribution in [-0.4, -0.2) is 36.1 Å². The van der Waals surface area contributed by atoms with Gasteiger partial charge in [0.05, 0.1) is 11.6 Å². The van der Waals surface area contributed by atoms with Gasteiger partial charge in [0.25, 0.3) is 0 Å². The lowest BCUT2D eigenvalue weighted by atomic mass is 10.2. The summed E-state index contributed by atoms with van der Waals surface area (Å²) in [4.78, 5) is 13.3. The highest BCUT2D eigenvalue weighted by atomic mass is 35.5. The van der Waals surface area contributed by atoms with Crippen molar-refractivity contribution in [2.75, 3.05) is 20.1 Å². The van der Waals surface area contributed by atoms with Gasteiger partial charge in [-0.2, -0.15) is 0 Å². The SMILES string of the molecule is CCCNC(=O)CN(C)Cc1cc(Cl)cc(Cl)c1O. The second-order valence-electron chi connectivity index (χ2n) is 4.42. The Morgan fingerprint density at radius 2 is 2.11 bits per heavy atom. The number of halogens is 2. The van der Waals surface area contributed by atoms with Crippen molar-refractivity contribution in [2.24, 2.45) is 0 Å². The molecule has 1 amide bonds. The number of benzene rings is 1. The van der Waals surface area contributed by atoms with Crippen LogP contribution in [-0.2, 0) is 11.3 Å². The van der Waals surface area contributed by atoms with Gasteiger partial charge in [0, 0.05) is 23.7 Å². The minimum absolute atomic E-state index is 0.00637. The van der Waals surface area contributed by atoms with Crippen molar-refractivity contribution >= 4 is 29.1 Å². The van der Waals surface area contributed by atoms with Crippen LogP contribution in [0.25, 0.3) is 0 Å². The molecule has 0 aliphatic carbocycles. The number of amides is 1. The van der Waals surface area contributed by atoms with Gasteiger partial charge in [-0.05, 0) is 25.6 Å². The maximum absolute atomic E-state index is 11.6. The number of hydrogen-bond donors (Lipinski definition) is 2. The fraction of sp³-hybridized carbons (Fsp3) is 0.462. The summed E-state index contributed by atoms with van der Waals surface area (Å²) in [7, 11) is 1.79. The molecule has 0 saturated carbocycles. The molecule has 0 saturated heterocycles. The molecular weight excluding hydrogens is 287 g/mol.